The van der Waals surface area contributed by atoms with E-state index >= 15 is 0 Å². The summed E-state index contributed by atoms with van der Waals surface area (Å²) >= 11 is 1.58. The number of thiazole rings is 1. The molecule has 7 nitrogen and oxygen atoms in total. The number of anilines is 2. The molecule has 30 heavy (non-hydrogen) atoms. The van der Waals surface area contributed by atoms with Crippen molar-refractivity contribution in [2.45, 2.75) is 50.7 Å². The topological polar surface area (TPSA) is 89.4 Å². The van der Waals surface area contributed by atoms with Crippen LogP contribution in [-0.4, -0.2) is 33.3 Å². The van der Waals surface area contributed by atoms with Crippen molar-refractivity contribution < 1.29 is 14.6 Å². The second kappa shape index (κ2) is 8.20. The standard InChI is InChI=1S/C22H24N4O3S/c1-28-18-9-8-13(12-24-18)15-10-11-23-21(20(15)29-14-4-2-5-14)26-22-25-19-16(27)6-3-7-17(19)30-22/h8-12,14,16,27H,2-7H2,1H3,(H,23,25,26). The van der Waals surface area contributed by atoms with Gasteiger partial charge in [-0.25, -0.2) is 15.0 Å². The number of aromatic nitrogens is 3. The summed E-state index contributed by atoms with van der Waals surface area (Å²) in [5.74, 6) is 1.92. The van der Waals surface area contributed by atoms with Crippen LogP contribution >= 0.6 is 11.3 Å². The van der Waals surface area contributed by atoms with Crippen molar-refractivity contribution in [1.29, 1.82) is 0 Å². The van der Waals surface area contributed by atoms with Crippen LogP contribution in [0.4, 0.5) is 10.9 Å². The van der Waals surface area contributed by atoms with Gasteiger partial charge in [0.1, 0.15) is 0 Å². The quantitative estimate of drug-likeness (QED) is 0.595. The number of pyridine rings is 2. The molecule has 0 bridgehead atoms. The van der Waals surface area contributed by atoms with Gasteiger partial charge in [0.2, 0.25) is 5.88 Å². The molecule has 0 radical (unpaired) electrons. The number of hydrogen-bond donors (Lipinski definition) is 2. The van der Waals surface area contributed by atoms with E-state index in [-0.39, 0.29) is 6.10 Å². The largest absolute Gasteiger partial charge is 0.486 e. The Balaban J connectivity index is 1.50. The molecule has 0 amide bonds. The molecule has 2 aliphatic carbocycles. The van der Waals surface area contributed by atoms with Gasteiger partial charge in [-0.3, -0.25) is 0 Å². The van der Waals surface area contributed by atoms with E-state index < -0.39 is 6.10 Å². The number of nitrogens with one attached hydrogen (secondary N) is 1. The summed E-state index contributed by atoms with van der Waals surface area (Å²) in [7, 11) is 1.60. The predicted molar refractivity (Wildman–Crippen MR) is 116 cm³/mol. The SMILES string of the molecule is COc1ccc(-c2ccnc(Nc3nc4c(s3)CCCC4O)c2OC2CCC2)cn1. The van der Waals surface area contributed by atoms with Gasteiger partial charge in [0.15, 0.2) is 16.7 Å². The van der Waals surface area contributed by atoms with Crippen LogP contribution in [0.5, 0.6) is 11.6 Å². The maximum atomic E-state index is 10.2. The van der Waals surface area contributed by atoms with E-state index in [0.717, 1.165) is 58.9 Å². The highest BCUT2D eigenvalue weighted by Crippen LogP contribution is 2.41. The number of nitrogens with zero attached hydrogens (tertiary/aromatic N) is 3. The number of hydrogen-bond acceptors (Lipinski definition) is 8. The zero-order valence-electron chi connectivity index (χ0n) is 16.8. The molecule has 1 atom stereocenters. The van der Waals surface area contributed by atoms with Crippen LogP contribution < -0.4 is 14.8 Å². The van der Waals surface area contributed by atoms with Crippen LogP contribution in [0.3, 0.4) is 0 Å². The first-order chi connectivity index (χ1) is 14.7. The van der Waals surface area contributed by atoms with E-state index in [9.17, 15) is 5.11 Å². The Morgan fingerprint density at radius 3 is 2.73 bits per heavy atom. The molecule has 1 fully saturated rings. The number of ether oxygens (including phenoxy) is 2. The van der Waals surface area contributed by atoms with E-state index in [4.69, 9.17) is 9.47 Å². The molecule has 5 rings (SSSR count). The molecule has 0 aliphatic heterocycles. The predicted octanol–water partition coefficient (Wildman–Crippen LogP) is 4.65. The van der Waals surface area contributed by atoms with Gasteiger partial charge in [0.25, 0.3) is 0 Å². The molecule has 3 aromatic rings. The molecular weight excluding hydrogens is 400 g/mol. The fourth-order valence-corrected chi connectivity index (χ4v) is 4.81. The van der Waals surface area contributed by atoms with Crippen LogP contribution in [-0.2, 0) is 6.42 Å². The van der Waals surface area contributed by atoms with Gasteiger partial charge in [0.05, 0.1) is 25.0 Å². The van der Waals surface area contributed by atoms with E-state index in [1.54, 1.807) is 30.8 Å². The molecule has 3 aromatic heterocycles. The van der Waals surface area contributed by atoms with Crippen molar-refractivity contribution in [3.8, 4) is 22.8 Å². The van der Waals surface area contributed by atoms with Gasteiger partial charge in [-0.1, -0.05) is 0 Å². The van der Waals surface area contributed by atoms with Gasteiger partial charge in [0, 0.05) is 34.5 Å². The number of rotatable bonds is 6. The van der Waals surface area contributed by atoms with E-state index in [1.165, 1.54) is 6.42 Å². The van der Waals surface area contributed by atoms with Crippen molar-refractivity contribution >= 4 is 22.3 Å². The van der Waals surface area contributed by atoms with E-state index in [2.05, 4.69) is 20.3 Å². The van der Waals surface area contributed by atoms with Crippen LogP contribution in [0.2, 0.25) is 0 Å². The zero-order chi connectivity index (χ0) is 20.5. The van der Waals surface area contributed by atoms with Gasteiger partial charge in [-0.15, -0.1) is 11.3 Å². The lowest BCUT2D eigenvalue weighted by Gasteiger charge is -2.28. The third kappa shape index (κ3) is 3.73. The average molecular weight is 425 g/mol. The van der Waals surface area contributed by atoms with Crippen LogP contribution in [0, 0.1) is 0 Å². The van der Waals surface area contributed by atoms with Crippen LogP contribution in [0.1, 0.15) is 48.8 Å². The molecule has 2 N–H and O–H groups in total. The smallest absolute Gasteiger partial charge is 0.212 e. The van der Waals surface area contributed by atoms with Crippen molar-refractivity contribution in [2.24, 2.45) is 0 Å². The van der Waals surface area contributed by atoms with Crippen LogP contribution in [0.25, 0.3) is 11.1 Å². The molecule has 0 saturated heterocycles. The third-order valence-electron chi connectivity index (χ3n) is 5.65. The summed E-state index contributed by atoms with van der Waals surface area (Å²) in [5, 5.41) is 14.3. The number of aryl methyl sites for hydroxylation is 1. The summed E-state index contributed by atoms with van der Waals surface area (Å²) in [6, 6.07) is 5.75. The maximum Gasteiger partial charge on any atom is 0.212 e. The number of aliphatic hydroxyl groups is 1. The lowest BCUT2D eigenvalue weighted by molar-refractivity contribution is 0.121. The minimum Gasteiger partial charge on any atom is -0.486 e. The Kier molecular flexibility index (Phi) is 5.26. The summed E-state index contributed by atoms with van der Waals surface area (Å²) in [6.07, 6.45) is 9.27. The second-order valence-electron chi connectivity index (χ2n) is 7.66. The van der Waals surface area contributed by atoms with Gasteiger partial charge in [-0.05, 0) is 50.7 Å². The molecular formula is C22H24N4O3S. The summed E-state index contributed by atoms with van der Waals surface area (Å²) < 4.78 is 11.5. The Labute approximate surface area is 179 Å². The van der Waals surface area contributed by atoms with Crippen LogP contribution in [0.15, 0.2) is 30.6 Å². The van der Waals surface area contributed by atoms with Crippen molar-refractivity contribution in [3.05, 3.63) is 41.2 Å². The lowest BCUT2D eigenvalue weighted by atomic mass is 9.96. The fraction of sp³-hybridized carbons (Fsp3) is 0.409. The first kappa shape index (κ1) is 19.3. The van der Waals surface area contributed by atoms with Crippen molar-refractivity contribution in [3.63, 3.8) is 0 Å². The second-order valence-corrected chi connectivity index (χ2v) is 8.74. The van der Waals surface area contributed by atoms with Gasteiger partial charge < -0.3 is 19.9 Å². The van der Waals surface area contributed by atoms with E-state index in [0.29, 0.717) is 17.4 Å². The number of aliphatic hydroxyl groups excluding tert-OH is 1. The molecule has 8 heteroatoms. The van der Waals surface area contributed by atoms with E-state index in [1.807, 2.05) is 18.2 Å². The highest BCUT2D eigenvalue weighted by Gasteiger charge is 2.26. The third-order valence-corrected chi connectivity index (χ3v) is 6.69. The van der Waals surface area contributed by atoms with Gasteiger partial charge >= 0.3 is 0 Å². The monoisotopic (exact) mass is 424 g/mol. The van der Waals surface area contributed by atoms with Crippen molar-refractivity contribution in [1.82, 2.24) is 15.0 Å². The molecule has 0 aromatic carbocycles. The molecule has 0 spiro atoms. The molecule has 3 heterocycles. The Hall–Kier alpha value is -2.71. The fourth-order valence-electron chi connectivity index (χ4n) is 3.75. The Morgan fingerprint density at radius 2 is 2.03 bits per heavy atom. The Morgan fingerprint density at radius 1 is 1.13 bits per heavy atom. The Bertz CT molecular complexity index is 1030. The summed E-state index contributed by atoms with van der Waals surface area (Å²) in [4.78, 5) is 14.7. The first-order valence-corrected chi connectivity index (χ1v) is 11.1. The summed E-state index contributed by atoms with van der Waals surface area (Å²) in [6.45, 7) is 0. The molecule has 1 unspecified atom stereocenters. The van der Waals surface area contributed by atoms with Crippen molar-refractivity contribution in [2.75, 3.05) is 12.4 Å². The average Bonchev–Trinajstić information content (AvgIpc) is 3.15. The molecule has 1 saturated carbocycles. The summed E-state index contributed by atoms with van der Waals surface area (Å²) in [5.41, 5.74) is 2.66. The number of fused-ring (bicyclic) bond motifs is 1. The maximum absolute atomic E-state index is 10.2. The molecule has 156 valence electrons. The minimum absolute atomic E-state index is 0.200. The minimum atomic E-state index is -0.476. The highest BCUT2D eigenvalue weighted by molar-refractivity contribution is 7.15. The molecule has 2 aliphatic rings. The lowest BCUT2D eigenvalue weighted by Crippen LogP contribution is -2.25. The number of methoxy groups -OCH3 is 1. The highest BCUT2D eigenvalue weighted by atomic mass is 32.1. The zero-order valence-corrected chi connectivity index (χ0v) is 17.6. The first-order valence-electron chi connectivity index (χ1n) is 10.3. The van der Waals surface area contributed by atoms with Gasteiger partial charge in [-0.2, -0.15) is 0 Å². The normalized spacial score (nSPS) is 18.4.